The van der Waals surface area contributed by atoms with Crippen LogP contribution in [0.25, 0.3) is 0 Å². The first-order valence-corrected chi connectivity index (χ1v) is 11.8. The van der Waals surface area contributed by atoms with E-state index >= 15 is 0 Å². The number of aliphatic hydroxyl groups excluding tert-OH is 2. The summed E-state index contributed by atoms with van der Waals surface area (Å²) in [5.74, 6) is 2.55. The second-order valence-electron chi connectivity index (χ2n) is 11.3. The molecule has 0 aromatic heterocycles. The Kier molecular flexibility index (Phi) is 7.24. The molecule has 4 aliphatic rings. The summed E-state index contributed by atoms with van der Waals surface area (Å²) in [6.07, 6.45) is 9.26. The molecule has 29 heavy (non-hydrogen) atoms. The fourth-order valence-electron chi connectivity index (χ4n) is 8.71. The molecule has 4 fully saturated rings. The molecule has 4 nitrogen and oxygen atoms in total. The van der Waals surface area contributed by atoms with E-state index in [1.54, 1.807) is 0 Å². The van der Waals surface area contributed by atoms with Gasteiger partial charge in [-0.3, -0.25) is 4.79 Å². The SMILES string of the molecule is C[C@H](CCC(=O)O)[C@H]1CC[C@H]2[C@@H]3CC[C@@H]4C[C@H](O)CC[C@]4(C)[C@H]3C[C@H](O)[C@]12C.[NaH]. The van der Waals surface area contributed by atoms with Crippen molar-refractivity contribution in [2.24, 2.45) is 46.3 Å². The van der Waals surface area contributed by atoms with E-state index in [2.05, 4.69) is 20.8 Å². The fourth-order valence-corrected chi connectivity index (χ4v) is 8.71. The minimum absolute atomic E-state index is 0. The maximum atomic E-state index is 11.5. The van der Waals surface area contributed by atoms with Crippen LogP contribution in [-0.2, 0) is 4.79 Å². The summed E-state index contributed by atoms with van der Waals surface area (Å²) < 4.78 is 0. The van der Waals surface area contributed by atoms with Crippen molar-refractivity contribution in [2.45, 2.75) is 97.2 Å². The molecule has 0 heterocycles. The van der Waals surface area contributed by atoms with Crippen LogP contribution in [0.5, 0.6) is 0 Å². The van der Waals surface area contributed by atoms with Gasteiger partial charge in [0.25, 0.3) is 0 Å². The Hall–Kier alpha value is 0.390. The van der Waals surface area contributed by atoms with Crippen LogP contribution in [0.15, 0.2) is 0 Å². The summed E-state index contributed by atoms with van der Waals surface area (Å²) in [6, 6.07) is 0. The van der Waals surface area contributed by atoms with Crippen LogP contribution in [0.1, 0.15) is 85.0 Å². The molecule has 5 heteroatoms. The Balaban J connectivity index is 0.00000240. The van der Waals surface area contributed by atoms with Crippen molar-refractivity contribution in [2.75, 3.05) is 0 Å². The molecule has 0 aliphatic heterocycles. The molecule has 0 bridgehead atoms. The quantitative estimate of drug-likeness (QED) is 0.609. The Morgan fingerprint density at radius 2 is 1.76 bits per heavy atom. The van der Waals surface area contributed by atoms with Crippen LogP contribution in [0.4, 0.5) is 0 Å². The zero-order chi connectivity index (χ0) is 20.3. The first kappa shape index (κ1) is 24.0. The van der Waals surface area contributed by atoms with Gasteiger partial charge in [-0.15, -0.1) is 0 Å². The molecular formula is C24H41NaO4. The van der Waals surface area contributed by atoms with Gasteiger partial charge in [0.1, 0.15) is 0 Å². The molecule has 0 unspecified atom stereocenters. The molecule has 0 saturated heterocycles. The molecule has 0 spiro atoms. The average Bonchev–Trinajstić information content (AvgIpc) is 3.00. The van der Waals surface area contributed by atoms with E-state index in [-0.39, 0.29) is 59.0 Å². The third-order valence-electron chi connectivity index (χ3n) is 10.3. The fraction of sp³-hybridized carbons (Fsp3) is 0.958. The number of carboxylic acid groups (broad SMARTS) is 1. The van der Waals surface area contributed by atoms with Gasteiger partial charge < -0.3 is 15.3 Å². The van der Waals surface area contributed by atoms with Crippen LogP contribution in [-0.4, -0.2) is 63.1 Å². The Morgan fingerprint density at radius 1 is 1.03 bits per heavy atom. The first-order chi connectivity index (χ1) is 13.2. The van der Waals surface area contributed by atoms with Crippen molar-refractivity contribution in [3.63, 3.8) is 0 Å². The van der Waals surface area contributed by atoms with Gasteiger partial charge in [0.2, 0.25) is 0 Å². The van der Waals surface area contributed by atoms with Crippen molar-refractivity contribution < 1.29 is 20.1 Å². The normalized spacial score (nSPS) is 49.9. The summed E-state index contributed by atoms with van der Waals surface area (Å²) >= 11 is 0. The van der Waals surface area contributed by atoms with Gasteiger partial charge in [-0.05, 0) is 104 Å². The summed E-state index contributed by atoms with van der Waals surface area (Å²) in [5, 5.41) is 30.8. The predicted molar refractivity (Wildman–Crippen MR) is 116 cm³/mol. The number of aliphatic hydroxyl groups is 2. The van der Waals surface area contributed by atoms with Gasteiger partial charge in [-0.2, -0.15) is 0 Å². The summed E-state index contributed by atoms with van der Waals surface area (Å²) in [7, 11) is 0. The molecule has 0 amide bonds. The average molecular weight is 417 g/mol. The zero-order valence-electron chi connectivity index (χ0n) is 17.9. The molecule has 4 aliphatic carbocycles. The molecule has 0 radical (unpaired) electrons. The van der Waals surface area contributed by atoms with E-state index in [1.807, 2.05) is 0 Å². The van der Waals surface area contributed by atoms with Crippen LogP contribution in [0, 0.1) is 46.3 Å². The topological polar surface area (TPSA) is 77.8 Å². The predicted octanol–water partition coefficient (Wildman–Crippen LogP) is 3.83. The minimum atomic E-state index is -0.707. The van der Waals surface area contributed by atoms with Gasteiger partial charge in [-0.1, -0.05) is 20.8 Å². The van der Waals surface area contributed by atoms with E-state index in [1.165, 1.54) is 19.3 Å². The molecule has 0 aromatic carbocycles. The number of rotatable bonds is 4. The van der Waals surface area contributed by atoms with E-state index in [0.717, 1.165) is 38.5 Å². The van der Waals surface area contributed by atoms with Crippen molar-refractivity contribution >= 4 is 35.5 Å². The van der Waals surface area contributed by atoms with Crippen LogP contribution >= 0.6 is 0 Å². The van der Waals surface area contributed by atoms with E-state index in [0.29, 0.717) is 35.5 Å². The number of aliphatic carboxylic acids is 1. The Bertz CT molecular complexity index is 612. The van der Waals surface area contributed by atoms with Crippen LogP contribution in [0.2, 0.25) is 0 Å². The molecule has 3 N–H and O–H groups in total. The Labute approximate surface area is 198 Å². The van der Waals surface area contributed by atoms with Crippen molar-refractivity contribution in [1.82, 2.24) is 0 Å². The van der Waals surface area contributed by atoms with Gasteiger partial charge in [0.05, 0.1) is 12.2 Å². The Morgan fingerprint density at radius 3 is 2.45 bits per heavy atom. The molecule has 162 valence electrons. The third kappa shape index (κ3) is 3.88. The van der Waals surface area contributed by atoms with Crippen molar-refractivity contribution in [1.29, 1.82) is 0 Å². The van der Waals surface area contributed by atoms with E-state index < -0.39 is 5.97 Å². The van der Waals surface area contributed by atoms with Crippen molar-refractivity contribution in [3.8, 4) is 0 Å². The van der Waals surface area contributed by atoms with Crippen LogP contribution < -0.4 is 0 Å². The second-order valence-corrected chi connectivity index (χ2v) is 11.3. The number of carboxylic acids is 1. The summed E-state index contributed by atoms with van der Waals surface area (Å²) in [4.78, 5) is 11.1. The van der Waals surface area contributed by atoms with Crippen molar-refractivity contribution in [3.05, 3.63) is 0 Å². The van der Waals surface area contributed by atoms with Crippen LogP contribution in [0.3, 0.4) is 0 Å². The standard InChI is InChI=1S/C24H40O4.Na.H/c1-14(4-9-22(27)28)18-7-8-19-17-6-5-15-12-16(25)10-11-23(15,2)20(17)13-21(26)24(18,19)3;;/h14-21,25-26H,4-13H2,1-3H3,(H,27,28);;/t14-,15-,16-,17+,18-,19+,20+,21+,23+,24-;;/m1../s1. The van der Waals surface area contributed by atoms with Gasteiger partial charge >= 0.3 is 35.5 Å². The molecule has 10 atom stereocenters. The van der Waals surface area contributed by atoms with Gasteiger partial charge in [-0.25, -0.2) is 0 Å². The maximum absolute atomic E-state index is 11.5. The molecular weight excluding hydrogens is 375 g/mol. The van der Waals surface area contributed by atoms with Gasteiger partial charge in [0, 0.05) is 6.42 Å². The monoisotopic (exact) mass is 416 g/mol. The molecule has 0 aromatic rings. The van der Waals surface area contributed by atoms with E-state index in [9.17, 15) is 15.0 Å². The second kappa shape index (κ2) is 8.73. The number of hydrogen-bond acceptors (Lipinski definition) is 3. The molecule has 4 rings (SSSR count). The zero-order valence-corrected chi connectivity index (χ0v) is 17.9. The molecule has 4 saturated carbocycles. The number of fused-ring (bicyclic) bond motifs is 5. The number of carbonyl (C=O) groups is 1. The first-order valence-electron chi connectivity index (χ1n) is 11.8. The summed E-state index contributed by atoms with van der Waals surface area (Å²) in [6.45, 7) is 6.99. The number of hydrogen-bond donors (Lipinski definition) is 3. The van der Waals surface area contributed by atoms with E-state index in [4.69, 9.17) is 5.11 Å². The van der Waals surface area contributed by atoms with Gasteiger partial charge in [0.15, 0.2) is 0 Å². The third-order valence-corrected chi connectivity index (χ3v) is 10.3. The summed E-state index contributed by atoms with van der Waals surface area (Å²) in [5.41, 5.74) is 0.216.